The molecule has 0 saturated heterocycles. The lowest BCUT2D eigenvalue weighted by atomic mass is 10.1. The maximum Gasteiger partial charge on any atom is 0.234 e. The molecule has 0 unspecified atom stereocenters. The summed E-state index contributed by atoms with van der Waals surface area (Å²) >= 11 is 14.1. The summed E-state index contributed by atoms with van der Waals surface area (Å²) in [5, 5.41) is 22.2. The van der Waals surface area contributed by atoms with Crippen LogP contribution >= 0.6 is 35.0 Å². The van der Waals surface area contributed by atoms with Gasteiger partial charge < -0.3 is 10.4 Å². The third-order valence-electron chi connectivity index (χ3n) is 5.06. The van der Waals surface area contributed by atoms with E-state index in [4.69, 9.17) is 23.2 Å². The predicted octanol–water partition coefficient (Wildman–Crippen LogP) is 5.82. The molecule has 174 valence electrons. The van der Waals surface area contributed by atoms with Crippen molar-refractivity contribution >= 4 is 46.6 Å². The second-order valence-electron chi connectivity index (χ2n) is 7.56. The average molecular weight is 513 g/mol. The molecule has 0 aliphatic heterocycles. The highest BCUT2D eigenvalue weighted by Crippen LogP contribution is 2.30. The lowest BCUT2D eigenvalue weighted by Crippen LogP contribution is -2.15. The fourth-order valence-electron chi connectivity index (χ4n) is 3.43. The van der Waals surface area contributed by atoms with Gasteiger partial charge in [-0.3, -0.25) is 9.36 Å². The van der Waals surface area contributed by atoms with Gasteiger partial charge in [-0.05, 0) is 47.9 Å². The molecule has 3 aromatic carbocycles. The Labute approximate surface area is 211 Å². The second-order valence-corrected chi connectivity index (χ2v) is 9.32. The molecular weight excluding hydrogens is 491 g/mol. The summed E-state index contributed by atoms with van der Waals surface area (Å²) in [7, 11) is 0. The van der Waals surface area contributed by atoms with Gasteiger partial charge in [-0.25, -0.2) is 0 Å². The fraction of sp³-hybridized carbons (Fsp3) is 0.160. The van der Waals surface area contributed by atoms with Crippen LogP contribution in [-0.4, -0.2) is 38.1 Å². The summed E-state index contributed by atoms with van der Waals surface area (Å²) in [6.07, 6.45) is 0.313. The van der Waals surface area contributed by atoms with Crippen molar-refractivity contribution < 1.29 is 9.90 Å². The van der Waals surface area contributed by atoms with Crippen LogP contribution in [0, 0.1) is 6.92 Å². The molecule has 1 aromatic heterocycles. The van der Waals surface area contributed by atoms with E-state index in [2.05, 4.69) is 15.5 Å². The summed E-state index contributed by atoms with van der Waals surface area (Å²) in [6.45, 7) is 1.87. The van der Waals surface area contributed by atoms with Crippen molar-refractivity contribution in [3.8, 4) is 16.8 Å². The summed E-state index contributed by atoms with van der Waals surface area (Å²) in [5.74, 6) is 0.431. The van der Waals surface area contributed by atoms with Crippen molar-refractivity contribution in [2.24, 2.45) is 0 Å². The first-order valence-corrected chi connectivity index (χ1v) is 12.3. The predicted molar refractivity (Wildman–Crippen MR) is 138 cm³/mol. The Morgan fingerprint density at radius 1 is 1.00 bits per heavy atom. The Morgan fingerprint density at radius 2 is 1.79 bits per heavy atom. The number of aliphatic hydroxyl groups is 1. The van der Waals surface area contributed by atoms with Crippen LogP contribution in [-0.2, 0) is 11.2 Å². The number of nitrogens with zero attached hydrogens (tertiary/aromatic N) is 3. The minimum absolute atomic E-state index is 0.0791. The van der Waals surface area contributed by atoms with E-state index in [1.54, 1.807) is 10.6 Å². The molecule has 0 fully saturated rings. The van der Waals surface area contributed by atoms with Gasteiger partial charge in [0.1, 0.15) is 5.82 Å². The highest BCUT2D eigenvalue weighted by molar-refractivity contribution is 7.99. The number of amides is 1. The molecule has 4 aromatic rings. The van der Waals surface area contributed by atoms with E-state index < -0.39 is 0 Å². The number of carbonyl (C=O) groups is 1. The second kappa shape index (κ2) is 11.1. The van der Waals surface area contributed by atoms with Crippen molar-refractivity contribution in [1.29, 1.82) is 0 Å². The number of benzene rings is 3. The molecular formula is C25H22Cl2N4O2S. The monoisotopic (exact) mass is 512 g/mol. The zero-order valence-corrected chi connectivity index (χ0v) is 20.7. The standard InChI is InChI=1S/C25H22Cl2N4O2S/c1-16-7-10-22(20(27)13-16)31-23(11-12-32)29-30-25(31)34-15-24(33)28-21-9-8-18(14-19(21)26)17-5-3-2-4-6-17/h2-10,13-14,32H,11-12,15H2,1H3,(H,28,33). The molecule has 0 aliphatic carbocycles. The van der Waals surface area contributed by atoms with E-state index in [1.807, 2.05) is 67.6 Å². The number of anilines is 1. The van der Waals surface area contributed by atoms with Crippen molar-refractivity contribution in [3.05, 3.63) is 88.2 Å². The third kappa shape index (κ3) is 5.62. The Balaban J connectivity index is 1.48. The van der Waals surface area contributed by atoms with Gasteiger partial charge in [0.25, 0.3) is 0 Å². The normalized spacial score (nSPS) is 10.9. The first-order valence-electron chi connectivity index (χ1n) is 10.6. The summed E-state index contributed by atoms with van der Waals surface area (Å²) in [5.41, 5.74) is 4.27. The van der Waals surface area contributed by atoms with Crippen molar-refractivity contribution in [1.82, 2.24) is 14.8 Å². The average Bonchev–Trinajstić information content (AvgIpc) is 3.22. The van der Waals surface area contributed by atoms with Gasteiger partial charge in [0.2, 0.25) is 5.91 Å². The zero-order chi connectivity index (χ0) is 24.1. The molecule has 2 N–H and O–H groups in total. The minimum Gasteiger partial charge on any atom is -0.396 e. The topological polar surface area (TPSA) is 80.0 Å². The Morgan fingerprint density at radius 3 is 2.50 bits per heavy atom. The Hall–Kier alpha value is -2.84. The molecule has 1 amide bonds. The Bertz CT molecular complexity index is 1310. The van der Waals surface area contributed by atoms with E-state index in [-0.39, 0.29) is 18.3 Å². The van der Waals surface area contributed by atoms with Gasteiger partial charge in [0.05, 0.1) is 33.8 Å². The highest BCUT2D eigenvalue weighted by Gasteiger charge is 2.18. The van der Waals surface area contributed by atoms with Gasteiger partial charge in [-0.15, -0.1) is 10.2 Å². The number of thioether (sulfide) groups is 1. The number of hydrogen-bond donors (Lipinski definition) is 2. The highest BCUT2D eigenvalue weighted by atomic mass is 35.5. The molecule has 1 heterocycles. The zero-order valence-electron chi connectivity index (χ0n) is 18.3. The van der Waals surface area contributed by atoms with E-state index in [9.17, 15) is 9.90 Å². The first-order chi connectivity index (χ1) is 16.5. The lowest BCUT2D eigenvalue weighted by Gasteiger charge is -2.12. The summed E-state index contributed by atoms with van der Waals surface area (Å²) in [4.78, 5) is 12.7. The Kier molecular flexibility index (Phi) is 7.90. The first kappa shape index (κ1) is 24.3. The van der Waals surface area contributed by atoms with Crippen LogP contribution in [0.4, 0.5) is 5.69 Å². The molecule has 6 nitrogen and oxygen atoms in total. The largest absolute Gasteiger partial charge is 0.396 e. The van der Waals surface area contributed by atoms with Crippen molar-refractivity contribution in [2.45, 2.75) is 18.5 Å². The van der Waals surface area contributed by atoms with Gasteiger partial charge in [0, 0.05) is 6.42 Å². The number of hydrogen-bond acceptors (Lipinski definition) is 5. The minimum atomic E-state index is -0.229. The van der Waals surface area contributed by atoms with Gasteiger partial charge in [0.15, 0.2) is 5.16 Å². The third-order valence-corrected chi connectivity index (χ3v) is 6.61. The molecule has 0 aliphatic rings. The number of aromatic nitrogens is 3. The molecule has 4 rings (SSSR count). The maximum absolute atomic E-state index is 12.7. The van der Waals surface area contributed by atoms with Gasteiger partial charge in [-0.1, -0.05) is 77.4 Å². The van der Waals surface area contributed by atoms with Crippen molar-refractivity contribution in [3.63, 3.8) is 0 Å². The molecule has 0 spiro atoms. The number of carbonyl (C=O) groups excluding carboxylic acids is 1. The van der Waals surface area contributed by atoms with Crippen LogP contribution in [0.15, 0.2) is 71.9 Å². The fourth-order valence-corrected chi connectivity index (χ4v) is 4.75. The van der Waals surface area contributed by atoms with Gasteiger partial charge in [-0.2, -0.15) is 0 Å². The van der Waals surface area contributed by atoms with Crippen LogP contribution in [0.25, 0.3) is 16.8 Å². The SMILES string of the molecule is Cc1ccc(-n2c(CCO)nnc2SCC(=O)Nc2ccc(-c3ccccc3)cc2Cl)c(Cl)c1. The maximum atomic E-state index is 12.7. The van der Waals surface area contributed by atoms with Crippen LogP contribution < -0.4 is 5.32 Å². The molecule has 0 bridgehead atoms. The number of aryl methyl sites for hydroxylation is 1. The van der Waals surface area contributed by atoms with E-state index in [0.29, 0.717) is 38.8 Å². The van der Waals surface area contributed by atoms with Crippen molar-refractivity contribution in [2.75, 3.05) is 17.7 Å². The smallest absolute Gasteiger partial charge is 0.234 e. The van der Waals surface area contributed by atoms with E-state index in [1.165, 1.54) is 11.8 Å². The van der Waals surface area contributed by atoms with Crippen LogP contribution in [0.3, 0.4) is 0 Å². The molecule has 0 atom stereocenters. The lowest BCUT2D eigenvalue weighted by molar-refractivity contribution is -0.113. The molecule has 9 heteroatoms. The van der Waals surface area contributed by atoms with Gasteiger partial charge >= 0.3 is 0 Å². The molecule has 0 radical (unpaired) electrons. The summed E-state index contributed by atoms with van der Waals surface area (Å²) < 4.78 is 1.78. The summed E-state index contributed by atoms with van der Waals surface area (Å²) in [6, 6.07) is 21.1. The van der Waals surface area contributed by atoms with E-state index >= 15 is 0 Å². The van der Waals surface area contributed by atoms with Crippen LogP contribution in [0.2, 0.25) is 10.0 Å². The number of nitrogens with one attached hydrogen (secondary N) is 1. The van der Waals surface area contributed by atoms with E-state index in [0.717, 1.165) is 16.7 Å². The number of halogens is 2. The quantitative estimate of drug-likeness (QED) is 0.291. The molecule has 0 saturated carbocycles. The van der Waals surface area contributed by atoms with Crippen LogP contribution in [0.1, 0.15) is 11.4 Å². The number of rotatable bonds is 8. The molecule has 34 heavy (non-hydrogen) atoms. The van der Waals surface area contributed by atoms with Crippen LogP contribution in [0.5, 0.6) is 0 Å². The number of aliphatic hydroxyl groups excluding tert-OH is 1.